The van der Waals surface area contributed by atoms with Crippen molar-refractivity contribution in [2.75, 3.05) is 11.9 Å². The molecule has 2 atom stereocenters. The third-order valence-corrected chi connectivity index (χ3v) is 5.88. The quantitative estimate of drug-likeness (QED) is 0.770. The van der Waals surface area contributed by atoms with Gasteiger partial charge in [0.1, 0.15) is 0 Å². The second kappa shape index (κ2) is 8.35. The standard InChI is InChI=1S/C19H23ClN4O2S/c1-11(10-24-13(3)6-12(2)23-24)9-21-18(25)8-17-19(26)22-15-7-14(20)4-5-16(15)27-17/h4-7,11,17H,8-10H2,1-3H3,(H,21,25)(H,22,26). The highest BCUT2D eigenvalue weighted by Crippen LogP contribution is 2.38. The Morgan fingerprint density at radius 1 is 1.41 bits per heavy atom. The summed E-state index contributed by atoms with van der Waals surface area (Å²) in [5.74, 6) is -0.0523. The van der Waals surface area contributed by atoms with E-state index in [4.69, 9.17) is 11.6 Å². The zero-order valence-corrected chi connectivity index (χ0v) is 17.2. The molecule has 0 spiro atoms. The van der Waals surface area contributed by atoms with Crippen molar-refractivity contribution in [3.8, 4) is 0 Å². The predicted molar refractivity (Wildman–Crippen MR) is 108 cm³/mol. The minimum absolute atomic E-state index is 0.125. The monoisotopic (exact) mass is 406 g/mol. The van der Waals surface area contributed by atoms with E-state index >= 15 is 0 Å². The smallest absolute Gasteiger partial charge is 0.238 e. The van der Waals surface area contributed by atoms with Gasteiger partial charge in [-0.2, -0.15) is 5.10 Å². The van der Waals surface area contributed by atoms with Gasteiger partial charge in [-0.15, -0.1) is 11.8 Å². The molecule has 1 aliphatic rings. The van der Waals surface area contributed by atoms with Crippen molar-refractivity contribution in [2.24, 2.45) is 5.92 Å². The van der Waals surface area contributed by atoms with Gasteiger partial charge in [0.05, 0.1) is 16.6 Å². The zero-order valence-electron chi connectivity index (χ0n) is 15.6. The van der Waals surface area contributed by atoms with E-state index in [1.54, 1.807) is 12.1 Å². The van der Waals surface area contributed by atoms with Gasteiger partial charge in [-0.25, -0.2) is 0 Å². The molecule has 2 N–H and O–H groups in total. The summed E-state index contributed by atoms with van der Waals surface area (Å²) in [6.45, 7) is 7.35. The van der Waals surface area contributed by atoms with Gasteiger partial charge >= 0.3 is 0 Å². The lowest BCUT2D eigenvalue weighted by atomic mass is 10.1. The number of carbonyl (C=O) groups excluding carboxylic acids is 2. The molecule has 0 fully saturated rings. The van der Waals surface area contributed by atoms with E-state index in [2.05, 4.69) is 22.7 Å². The molecule has 1 aliphatic heterocycles. The van der Waals surface area contributed by atoms with Crippen molar-refractivity contribution in [1.29, 1.82) is 0 Å². The molecule has 2 heterocycles. The Labute approximate surface area is 168 Å². The maximum atomic E-state index is 12.3. The molecule has 0 saturated heterocycles. The summed E-state index contributed by atoms with van der Waals surface area (Å²) in [5.41, 5.74) is 2.80. The van der Waals surface area contributed by atoms with Gasteiger partial charge in [0.2, 0.25) is 11.8 Å². The van der Waals surface area contributed by atoms with Crippen LogP contribution in [0.3, 0.4) is 0 Å². The Bertz CT molecular complexity index is 867. The van der Waals surface area contributed by atoms with Crippen LogP contribution < -0.4 is 10.6 Å². The van der Waals surface area contributed by atoms with Crippen LogP contribution in [0.2, 0.25) is 5.02 Å². The number of nitrogens with one attached hydrogen (secondary N) is 2. The Kier molecular flexibility index (Phi) is 6.11. The SMILES string of the molecule is Cc1cc(C)n(CC(C)CNC(=O)CC2Sc3ccc(Cl)cc3NC2=O)n1. The number of nitrogens with zero attached hydrogens (tertiary/aromatic N) is 2. The Morgan fingerprint density at radius 3 is 2.89 bits per heavy atom. The van der Waals surface area contributed by atoms with Crippen LogP contribution in [0.1, 0.15) is 24.7 Å². The molecule has 0 saturated carbocycles. The molecule has 1 aromatic carbocycles. The molecule has 3 rings (SSSR count). The first-order valence-electron chi connectivity index (χ1n) is 8.86. The summed E-state index contributed by atoms with van der Waals surface area (Å²) in [5, 5.41) is 10.3. The average molecular weight is 407 g/mol. The summed E-state index contributed by atoms with van der Waals surface area (Å²) >= 11 is 7.35. The molecule has 0 radical (unpaired) electrons. The Morgan fingerprint density at radius 2 is 2.19 bits per heavy atom. The van der Waals surface area contributed by atoms with Gasteiger partial charge in [0.15, 0.2) is 0 Å². The molecule has 27 heavy (non-hydrogen) atoms. The van der Waals surface area contributed by atoms with Gasteiger partial charge in [0, 0.05) is 35.1 Å². The minimum Gasteiger partial charge on any atom is -0.356 e. The number of thioether (sulfide) groups is 1. The van der Waals surface area contributed by atoms with E-state index in [0.29, 0.717) is 17.3 Å². The molecule has 8 heteroatoms. The maximum Gasteiger partial charge on any atom is 0.238 e. The number of rotatable bonds is 6. The van der Waals surface area contributed by atoms with Crippen molar-refractivity contribution in [3.05, 3.63) is 40.7 Å². The fourth-order valence-electron chi connectivity index (χ4n) is 3.01. The van der Waals surface area contributed by atoms with Crippen LogP contribution >= 0.6 is 23.4 Å². The highest BCUT2D eigenvalue weighted by atomic mass is 35.5. The number of amides is 2. The first-order valence-corrected chi connectivity index (χ1v) is 10.1. The number of carbonyl (C=O) groups is 2. The number of fused-ring (bicyclic) bond motifs is 1. The first kappa shape index (κ1) is 19.8. The molecule has 144 valence electrons. The van der Waals surface area contributed by atoms with Crippen molar-refractivity contribution >= 4 is 40.9 Å². The third kappa shape index (κ3) is 5.05. The minimum atomic E-state index is -0.440. The van der Waals surface area contributed by atoms with E-state index in [1.165, 1.54) is 11.8 Å². The zero-order chi connectivity index (χ0) is 19.6. The number of hydrogen-bond donors (Lipinski definition) is 2. The van der Waals surface area contributed by atoms with E-state index in [9.17, 15) is 9.59 Å². The van der Waals surface area contributed by atoms with Crippen molar-refractivity contribution in [1.82, 2.24) is 15.1 Å². The molecular formula is C19H23ClN4O2S. The summed E-state index contributed by atoms with van der Waals surface area (Å²) in [7, 11) is 0. The lowest BCUT2D eigenvalue weighted by Gasteiger charge is -2.24. The number of halogens is 1. The Balaban J connectivity index is 1.49. The van der Waals surface area contributed by atoms with Crippen LogP contribution in [0.25, 0.3) is 0 Å². The van der Waals surface area contributed by atoms with Crippen LogP contribution in [0.4, 0.5) is 5.69 Å². The maximum absolute atomic E-state index is 12.3. The van der Waals surface area contributed by atoms with Crippen molar-refractivity contribution in [3.63, 3.8) is 0 Å². The molecule has 6 nitrogen and oxygen atoms in total. The molecular weight excluding hydrogens is 384 g/mol. The number of hydrogen-bond acceptors (Lipinski definition) is 4. The molecule has 0 bridgehead atoms. The fraction of sp³-hybridized carbons (Fsp3) is 0.421. The fourth-order valence-corrected chi connectivity index (χ4v) is 4.27. The molecule has 0 aliphatic carbocycles. The van der Waals surface area contributed by atoms with Gasteiger partial charge in [0.25, 0.3) is 0 Å². The molecule has 2 unspecified atom stereocenters. The van der Waals surface area contributed by atoms with Crippen LogP contribution in [-0.4, -0.2) is 33.4 Å². The molecule has 2 amide bonds. The topological polar surface area (TPSA) is 76.0 Å². The number of benzene rings is 1. The number of aromatic nitrogens is 2. The summed E-state index contributed by atoms with van der Waals surface area (Å²) in [4.78, 5) is 25.5. The first-order chi connectivity index (χ1) is 12.8. The molecule has 1 aromatic heterocycles. The van der Waals surface area contributed by atoms with Gasteiger partial charge in [-0.05, 0) is 44.0 Å². The average Bonchev–Trinajstić information content (AvgIpc) is 2.91. The van der Waals surface area contributed by atoms with E-state index < -0.39 is 5.25 Å². The lowest BCUT2D eigenvalue weighted by Crippen LogP contribution is -2.36. The third-order valence-electron chi connectivity index (χ3n) is 4.37. The van der Waals surface area contributed by atoms with Crippen LogP contribution in [0.5, 0.6) is 0 Å². The summed E-state index contributed by atoms with van der Waals surface area (Å²) < 4.78 is 1.96. The number of aryl methyl sites for hydroxylation is 2. The van der Waals surface area contributed by atoms with Crippen LogP contribution in [-0.2, 0) is 16.1 Å². The van der Waals surface area contributed by atoms with Crippen LogP contribution in [0, 0.1) is 19.8 Å². The highest BCUT2D eigenvalue weighted by molar-refractivity contribution is 8.01. The van der Waals surface area contributed by atoms with Crippen molar-refractivity contribution in [2.45, 2.75) is 43.9 Å². The van der Waals surface area contributed by atoms with E-state index in [-0.39, 0.29) is 24.2 Å². The second-order valence-electron chi connectivity index (χ2n) is 6.96. The van der Waals surface area contributed by atoms with Gasteiger partial charge in [-0.1, -0.05) is 18.5 Å². The van der Waals surface area contributed by atoms with E-state index in [0.717, 1.165) is 22.8 Å². The summed E-state index contributed by atoms with van der Waals surface area (Å²) in [6.07, 6.45) is 0.144. The normalized spacial score (nSPS) is 17.2. The van der Waals surface area contributed by atoms with Crippen LogP contribution in [0.15, 0.2) is 29.2 Å². The second-order valence-corrected chi connectivity index (χ2v) is 8.64. The largest absolute Gasteiger partial charge is 0.356 e. The van der Waals surface area contributed by atoms with Gasteiger partial charge in [-0.3, -0.25) is 14.3 Å². The summed E-state index contributed by atoms with van der Waals surface area (Å²) in [6, 6.07) is 7.40. The molecule has 2 aromatic rings. The number of anilines is 1. The van der Waals surface area contributed by atoms with Crippen molar-refractivity contribution < 1.29 is 9.59 Å². The van der Waals surface area contributed by atoms with E-state index in [1.807, 2.05) is 30.7 Å². The highest BCUT2D eigenvalue weighted by Gasteiger charge is 2.29. The Hall–Kier alpha value is -1.99. The van der Waals surface area contributed by atoms with Gasteiger partial charge < -0.3 is 10.6 Å². The predicted octanol–water partition coefficient (Wildman–Crippen LogP) is 3.41. The lowest BCUT2D eigenvalue weighted by molar-refractivity contribution is -0.124.